The molecule has 1 aliphatic rings. The third-order valence-corrected chi connectivity index (χ3v) is 2.89. The number of hydrogen-bond donors (Lipinski definition) is 4. The van der Waals surface area contributed by atoms with E-state index in [4.69, 9.17) is 0 Å². The predicted octanol–water partition coefficient (Wildman–Crippen LogP) is 1.98. The minimum Gasteiger partial charge on any atom is -0.494 e. The lowest BCUT2D eigenvalue weighted by molar-refractivity contribution is 0.255. The van der Waals surface area contributed by atoms with Gasteiger partial charge in [0.05, 0.1) is 6.54 Å². The van der Waals surface area contributed by atoms with Crippen molar-refractivity contribution in [1.82, 2.24) is 4.98 Å². The third-order valence-electron chi connectivity index (χ3n) is 2.89. The Labute approximate surface area is 102 Å². The monoisotopic (exact) mass is 245 g/mol. The van der Waals surface area contributed by atoms with Gasteiger partial charge < -0.3 is 15.5 Å². The molecule has 4 N–H and O–H groups in total. The number of hydrogen-bond acceptors (Lipinski definition) is 3. The van der Waals surface area contributed by atoms with Crippen LogP contribution in [0.25, 0.3) is 0 Å². The van der Waals surface area contributed by atoms with Gasteiger partial charge in [0.15, 0.2) is 5.88 Å². The second-order valence-electron chi connectivity index (χ2n) is 4.06. The van der Waals surface area contributed by atoms with Gasteiger partial charge >= 0.3 is 6.03 Å². The van der Waals surface area contributed by atoms with Crippen molar-refractivity contribution in [3.8, 4) is 11.8 Å². The molecule has 0 saturated carbocycles. The molecule has 0 saturated heterocycles. The number of rotatable bonds is 1. The molecule has 1 aromatic carbocycles. The summed E-state index contributed by atoms with van der Waals surface area (Å²) in [4.78, 5) is 15.6. The first-order chi connectivity index (χ1) is 8.65. The highest BCUT2D eigenvalue weighted by atomic mass is 16.3. The van der Waals surface area contributed by atoms with Crippen LogP contribution in [-0.2, 0) is 6.54 Å². The summed E-state index contributed by atoms with van der Waals surface area (Å²) in [5, 5.41) is 21.6. The molecule has 6 nitrogen and oxygen atoms in total. The van der Waals surface area contributed by atoms with Crippen LogP contribution < -0.4 is 10.2 Å². The molecule has 92 valence electrons. The van der Waals surface area contributed by atoms with E-state index < -0.39 is 0 Å². The van der Waals surface area contributed by atoms with Gasteiger partial charge in [0.2, 0.25) is 5.88 Å². The molecule has 1 aromatic heterocycles. The summed E-state index contributed by atoms with van der Waals surface area (Å²) >= 11 is 0. The maximum absolute atomic E-state index is 11.9. The van der Waals surface area contributed by atoms with E-state index in [0.717, 1.165) is 11.3 Å². The summed E-state index contributed by atoms with van der Waals surface area (Å²) in [5.74, 6) is -0.420. The maximum Gasteiger partial charge on any atom is 0.326 e. The summed E-state index contributed by atoms with van der Waals surface area (Å²) < 4.78 is 0. The van der Waals surface area contributed by atoms with E-state index in [1.165, 1.54) is 11.0 Å². The van der Waals surface area contributed by atoms with Crippen LogP contribution in [0.2, 0.25) is 0 Å². The highest BCUT2D eigenvalue weighted by Crippen LogP contribution is 2.35. The Morgan fingerprint density at radius 1 is 1.22 bits per heavy atom. The van der Waals surface area contributed by atoms with Gasteiger partial charge in [0.25, 0.3) is 0 Å². The molecule has 3 rings (SSSR count). The minimum absolute atomic E-state index is 0.186. The molecule has 0 unspecified atom stereocenters. The molecule has 0 atom stereocenters. The van der Waals surface area contributed by atoms with Crippen LogP contribution >= 0.6 is 0 Å². The largest absolute Gasteiger partial charge is 0.494 e. The normalized spacial score (nSPS) is 14.2. The first kappa shape index (κ1) is 10.5. The highest BCUT2D eigenvalue weighted by molar-refractivity contribution is 6.05. The van der Waals surface area contributed by atoms with Crippen LogP contribution in [0.15, 0.2) is 30.3 Å². The maximum atomic E-state index is 11.9. The Morgan fingerprint density at radius 2 is 2.00 bits per heavy atom. The standard InChI is InChI=1S/C12H11N3O3/c16-10-5-9(11(17)14-10)15-6-7-3-1-2-4-8(7)13-12(15)18/h1-5,14,16-17H,6H2,(H,13,18). The van der Waals surface area contributed by atoms with Gasteiger partial charge in [-0.3, -0.25) is 9.88 Å². The zero-order valence-corrected chi connectivity index (χ0v) is 9.34. The zero-order valence-electron chi connectivity index (χ0n) is 9.34. The van der Waals surface area contributed by atoms with E-state index in [-0.39, 0.29) is 23.5 Å². The third kappa shape index (κ3) is 1.55. The predicted molar refractivity (Wildman–Crippen MR) is 65.8 cm³/mol. The fraction of sp³-hybridized carbons (Fsp3) is 0.0833. The van der Waals surface area contributed by atoms with Crippen molar-refractivity contribution in [1.29, 1.82) is 0 Å². The molecule has 0 aliphatic carbocycles. The topological polar surface area (TPSA) is 88.6 Å². The fourth-order valence-electron chi connectivity index (χ4n) is 2.02. The van der Waals surface area contributed by atoms with Gasteiger partial charge in [-0.05, 0) is 11.6 Å². The summed E-state index contributed by atoms with van der Waals surface area (Å²) in [6.45, 7) is 0.340. The number of H-pyrrole nitrogens is 1. The fourth-order valence-corrected chi connectivity index (χ4v) is 2.02. The first-order valence-electron chi connectivity index (χ1n) is 5.42. The molecule has 2 amide bonds. The molecule has 0 spiro atoms. The number of nitrogens with one attached hydrogen (secondary N) is 2. The lowest BCUT2D eigenvalue weighted by Gasteiger charge is -2.28. The number of aromatic nitrogens is 1. The van der Waals surface area contributed by atoms with Crippen LogP contribution in [0, 0.1) is 0 Å². The Bertz CT molecular complexity index is 621. The lowest BCUT2D eigenvalue weighted by atomic mass is 10.1. The molecule has 18 heavy (non-hydrogen) atoms. The molecular formula is C12H11N3O3. The average Bonchev–Trinajstić information content (AvgIpc) is 2.67. The summed E-state index contributed by atoms with van der Waals surface area (Å²) in [6, 6.07) is 8.40. The SMILES string of the molecule is O=C1Nc2ccccc2CN1c1cc(O)[nH]c1O. The molecule has 2 heterocycles. The van der Waals surface area contributed by atoms with Crippen molar-refractivity contribution < 1.29 is 15.0 Å². The smallest absolute Gasteiger partial charge is 0.326 e. The van der Waals surface area contributed by atoms with Crippen molar-refractivity contribution in [2.45, 2.75) is 6.54 Å². The minimum atomic E-state index is -0.344. The second-order valence-corrected chi connectivity index (χ2v) is 4.06. The molecule has 0 radical (unpaired) electrons. The number of fused-ring (bicyclic) bond motifs is 1. The van der Waals surface area contributed by atoms with Gasteiger partial charge in [0.1, 0.15) is 5.69 Å². The van der Waals surface area contributed by atoms with E-state index >= 15 is 0 Å². The van der Waals surface area contributed by atoms with Crippen LogP contribution in [0.5, 0.6) is 11.8 Å². The number of benzene rings is 1. The number of carbonyl (C=O) groups is 1. The lowest BCUT2D eigenvalue weighted by Crippen LogP contribution is -2.38. The molecule has 2 aromatic rings. The number of carbonyl (C=O) groups excluding carboxylic acids is 1. The first-order valence-corrected chi connectivity index (χ1v) is 5.42. The Kier molecular flexibility index (Phi) is 2.16. The zero-order chi connectivity index (χ0) is 12.7. The van der Waals surface area contributed by atoms with E-state index in [1.54, 1.807) is 0 Å². The number of para-hydroxylation sites is 1. The number of amides is 2. The van der Waals surface area contributed by atoms with Crippen molar-refractivity contribution in [3.63, 3.8) is 0 Å². The quantitative estimate of drug-likeness (QED) is 0.619. The van der Waals surface area contributed by atoms with Crippen LogP contribution in [-0.4, -0.2) is 21.2 Å². The van der Waals surface area contributed by atoms with Crippen LogP contribution in [0.3, 0.4) is 0 Å². The van der Waals surface area contributed by atoms with Gasteiger partial charge in [0, 0.05) is 11.8 Å². The van der Waals surface area contributed by atoms with E-state index in [1.807, 2.05) is 24.3 Å². The number of anilines is 2. The average molecular weight is 245 g/mol. The van der Waals surface area contributed by atoms with Gasteiger partial charge in [-0.25, -0.2) is 4.79 Å². The number of aromatic hydroxyl groups is 2. The Balaban J connectivity index is 2.01. The summed E-state index contributed by atoms with van der Waals surface area (Å²) in [7, 11) is 0. The number of nitrogens with zero attached hydrogens (tertiary/aromatic N) is 1. The van der Waals surface area contributed by atoms with E-state index in [0.29, 0.717) is 6.54 Å². The Morgan fingerprint density at radius 3 is 2.72 bits per heavy atom. The second kappa shape index (κ2) is 3.69. The summed E-state index contributed by atoms with van der Waals surface area (Å²) in [6.07, 6.45) is 0. The molecular weight excluding hydrogens is 234 g/mol. The number of urea groups is 1. The summed E-state index contributed by atoms with van der Waals surface area (Å²) in [5.41, 5.74) is 1.95. The van der Waals surface area contributed by atoms with Crippen molar-refractivity contribution in [2.75, 3.05) is 10.2 Å². The molecule has 1 aliphatic heterocycles. The van der Waals surface area contributed by atoms with E-state index in [2.05, 4.69) is 10.3 Å². The van der Waals surface area contributed by atoms with Gasteiger partial charge in [-0.2, -0.15) is 0 Å². The van der Waals surface area contributed by atoms with Gasteiger partial charge in [-0.1, -0.05) is 18.2 Å². The van der Waals surface area contributed by atoms with Crippen LogP contribution in [0.1, 0.15) is 5.56 Å². The van der Waals surface area contributed by atoms with Crippen molar-refractivity contribution >= 4 is 17.4 Å². The Hall–Kier alpha value is -2.63. The van der Waals surface area contributed by atoms with Gasteiger partial charge in [-0.15, -0.1) is 0 Å². The van der Waals surface area contributed by atoms with E-state index in [9.17, 15) is 15.0 Å². The molecule has 0 bridgehead atoms. The highest BCUT2D eigenvalue weighted by Gasteiger charge is 2.26. The van der Waals surface area contributed by atoms with Crippen molar-refractivity contribution in [3.05, 3.63) is 35.9 Å². The molecule has 0 fully saturated rings. The van der Waals surface area contributed by atoms with Crippen molar-refractivity contribution in [2.24, 2.45) is 0 Å². The molecule has 6 heteroatoms. The van der Waals surface area contributed by atoms with Crippen LogP contribution in [0.4, 0.5) is 16.2 Å². The number of aromatic amines is 1.